The first-order valence-corrected chi connectivity index (χ1v) is 10.1. The van der Waals surface area contributed by atoms with Crippen molar-refractivity contribution in [2.24, 2.45) is 0 Å². The molecule has 3 aromatic rings. The van der Waals surface area contributed by atoms with Crippen LogP contribution >= 0.6 is 0 Å². The fourth-order valence-electron chi connectivity index (χ4n) is 3.37. The summed E-state index contributed by atoms with van der Waals surface area (Å²) in [7, 11) is -3.93. The van der Waals surface area contributed by atoms with Gasteiger partial charge in [-0.15, -0.1) is 0 Å². The number of hydrogen-bond donors (Lipinski definition) is 0. The summed E-state index contributed by atoms with van der Waals surface area (Å²) in [6.45, 7) is 4.15. The summed E-state index contributed by atoms with van der Waals surface area (Å²) in [5, 5.41) is 1.77. The number of rotatable bonds is 3. The molecular weight excluding hydrogens is 362 g/mol. The predicted octanol–water partition coefficient (Wildman–Crippen LogP) is 3.48. The van der Waals surface area contributed by atoms with Gasteiger partial charge in [0.2, 0.25) is 0 Å². The molecule has 1 aliphatic rings. The van der Waals surface area contributed by atoms with Crippen LogP contribution in [-0.2, 0) is 10.0 Å². The number of anilines is 1. The maximum Gasteiger partial charge on any atom is 0.339 e. The Morgan fingerprint density at radius 2 is 1.67 bits per heavy atom. The monoisotopic (exact) mass is 381 g/mol. The molecule has 1 fully saturated rings. The fourth-order valence-corrected chi connectivity index (χ4v) is 4.76. The molecule has 2 amide bonds. The summed E-state index contributed by atoms with van der Waals surface area (Å²) < 4.78 is 27.0. The summed E-state index contributed by atoms with van der Waals surface area (Å²) in [5.74, 6) is 0.480. The number of pyridine rings is 1. The van der Waals surface area contributed by atoms with E-state index in [9.17, 15) is 13.2 Å². The van der Waals surface area contributed by atoms with Gasteiger partial charge in [-0.25, -0.2) is 22.5 Å². The first-order chi connectivity index (χ1) is 12.9. The topological polar surface area (TPSA) is 70.6 Å². The highest BCUT2D eigenvalue weighted by Gasteiger charge is 2.39. The van der Waals surface area contributed by atoms with Crippen molar-refractivity contribution in [1.82, 2.24) is 9.29 Å². The van der Waals surface area contributed by atoms with E-state index in [-0.39, 0.29) is 18.0 Å². The lowest BCUT2D eigenvalue weighted by Gasteiger charge is -2.19. The number of urea groups is 1. The Kier molecular flexibility index (Phi) is 4.11. The lowest BCUT2D eigenvalue weighted by Crippen LogP contribution is -2.36. The van der Waals surface area contributed by atoms with E-state index in [1.54, 1.807) is 24.3 Å². The van der Waals surface area contributed by atoms with Gasteiger partial charge in [-0.1, -0.05) is 30.3 Å². The molecule has 0 bridgehead atoms. The van der Waals surface area contributed by atoms with Crippen LogP contribution in [-0.4, -0.2) is 36.8 Å². The Hall–Kier alpha value is -2.93. The number of carbonyl (C=O) groups excluding carboxylic acids is 1. The summed E-state index contributed by atoms with van der Waals surface area (Å²) in [4.78, 5) is 18.8. The van der Waals surface area contributed by atoms with Gasteiger partial charge in [0.25, 0.3) is 10.0 Å². The van der Waals surface area contributed by atoms with E-state index in [1.165, 1.54) is 4.90 Å². The molecule has 2 heterocycles. The van der Waals surface area contributed by atoms with E-state index in [4.69, 9.17) is 0 Å². The number of hydrogen-bond acceptors (Lipinski definition) is 4. The Morgan fingerprint density at radius 3 is 2.41 bits per heavy atom. The molecule has 6 nitrogen and oxygen atoms in total. The second kappa shape index (κ2) is 6.35. The first-order valence-electron chi connectivity index (χ1n) is 8.64. The zero-order valence-corrected chi connectivity index (χ0v) is 15.9. The lowest BCUT2D eigenvalue weighted by atomic mass is 10.1. The van der Waals surface area contributed by atoms with Crippen molar-refractivity contribution < 1.29 is 13.2 Å². The van der Waals surface area contributed by atoms with E-state index in [1.807, 2.05) is 44.2 Å². The zero-order valence-electron chi connectivity index (χ0n) is 15.1. The van der Waals surface area contributed by atoms with Crippen molar-refractivity contribution in [3.8, 4) is 0 Å². The number of amides is 2. The van der Waals surface area contributed by atoms with Gasteiger partial charge in [-0.05, 0) is 54.4 Å². The number of aromatic nitrogens is 1. The van der Waals surface area contributed by atoms with Gasteiger partial charge in [-0.3, -0.25) is 4.90 Å². The third kappa shape index (κ3) is 3.04. The molecule has 0 N–H and O–H groups in total. The van der Waals surface area contributed by atoms with Gasteiger partial charge >= 0.3 is 6.03 Å². The Morgan fingerprint density at radius 1 is 0.926 bits per heavy atom. The summed E-state index contributed by atoms with van der Waals surface area (Å²) in [6.07, 6.45) is 0. The van der Waals surface area contributed by atoms with E-state index < -0.39 is 16.1 Å². The SMILES string of the molecule is Cc1cc(C)nc(N2CCN(S(=O)(=O)c3ccc4ccccc4c3)C2=O)c1. The second-order valence-corrected chi connectivity index (χ2v) is 8.53. The molecular formula is C20H19N3O3S. The van der Waals surface area contributed by atoms with Crippen LogP contribution in [0.25, 0.3) is 10.8 Å². The van der Waals surface area contributed by atoms with Crippen molar-refractivity contribution in [2.75, 3.05) is 18.0 Å². The minimum atomic E-state index is -3.93. The van der Waals surface area contributed by atoms with Crippen molar-refractivity contribution in [3.63, 3.8) is 0 Å². The second-order valence-electron chi connectivity index (χ2n) is 6.66. The molecule has 1 saturated heterocycles. The molecule has 1 aromatic heterocycles. The molecule has 7 heteroatoms. The molecule has 0 saturated carbocycles. The molecule has 138 valence electrons. The predicted molar refractivity (Wildman–Crippen MR) is 104 cm³/mol. The lowest BCUT2D eigenvalue weighted by molar-refractivity contribution is 0.239. The minimum Gasteiger partial charge on any atom is -0.276 e. The summed E-state index contributed by atoms with van der Waals surface area (Å²) in [6, 6.07) is 15.6. The smallest absolute Gasteiger partial charge is 0.276 e. The minimum absolute atomic E-state index is 0.0999. The fraction of sp³-hybridized carbons (Fsp3) is 0.200. The average molecular weight is 381 g/mol. The van der Waals surface area contributed by atoms with Crippen molar-refractivity contribution in [3.05, 3.63) is 65.9 Å². The van der Waals surface area contributed by atoms with Crippen molar-refractivity contribution >= 4 is 32.6 Å². The first kappa shape index (κ1) is 17.5. The number of aryl methyl sites for hydroxylation is 2. The van der Waals surface area contributed by atoms with Crippen LogP contribution in [0, 0.1) is 13.8 Å². The number of benzene rings is 2. The van der Waals surface area contributed by atoms with Gasteiger partial charge in [0.1, 0.15) is 5.82 Å². The molecule has 4 rings (SSSR count). The normalized spacial score (nSPS) is 15.0. The summed E-state index contributed by atoms with van der Waals surface area (Å²) >= 11 is 0. The zero-order chi connectivity index (χ0) is 19.2. The Labute approximate surface area is 158 Å². The molecule has 0 spiro atoms. The maximum atomic E-state index is 13.1. The van der Waals surface area contributed by atoms with Crippen LogP contribution in [0.4, 0.5) is 10.6 Å². The van der Waals surface area contributed by atoms with Crippen molar-refractivity contribution in [1.29, 1.82) is 0 Å². The van der Waals surface area contributed by atoms with E-state index in [0.29, 0.717) is 5.82 Å². The van der Waals surface area contributed by atoms with E-state index in [2.05, 4.69) is 4.98 Å². The molecule has 0 radical (unpaired) electrons. The van der Waals surface area contributed by atoms with E-state index >= 15 is 0 Å². The number of nitrogens with zero attached hydrogens (tertiary/aromatic N) is 3. The van der Waals surface area contributed by atoms with Gasteiger partial charge in [0.15, 0.2) is 0 Å². The van der Waals surface area contributed by atoms with Crippen LogP contribution in [0.2, 0.25) is 0 Å². The third-order valence-electron chi connectivity index (χ3n) is 4.64. The molecule has 0 atom stereocenters. The largest absolute Gasteiger partial charge is 0.339 e. The summed E-state index contributed by atoms with van der Waals surface area (Å²) in [5.41, 5.74) is 1.76. The number of fused-ring (bicyclic) bond motifs is 1. The van der Waals surface area contributed by atoms with Crippen LogP contribution in [0.15, 0.2) is 59.5 Å². The van der Waals surface area contributed by atoms with Gasteiger partial charge in [0.05, 0.1) is 11.4 Å². The van der Waals surface area contributed by atoms with Crippen LogP contribution in [0.3, 0.4) is 0 Å². The number of sulfonamides is 1. The molecule has 2 aromatic carbocycles. The van der Waals surface area contributed by atoms with E-state index in [0.717, 1.165) is 26.3 Å². The number of carbonyl (C=O) groups is 1. The van der Waals surface area contributed by atoms with Crippen LogP contribution in [0.5, 0.6) is 0 Å². The molecule has 0 unspecified atom stereocenters. The maximum absolute atomic E-state index is 13.1. The van der Waals surface area contributed by atoms with Crippen LogP contribution in [0.1, 0.15) is 11.3 Å². The Bertz CT molecular complexity index is 1140. The third-order valence-corrected chi connectivity index (χ3v) is 6.41. The van der Waals surface area contributed by atoms with Gasteiger partial charge in [-0.2, -0.15) is 0 Å². The Balaban J connectivity index is 1.69. The van der Waals surface area contributed by atoms with Crippen molar-refractivity contribution in [2.45, 2.75) is 18.7 Å². The highest BCUT2D eigenvalue weighted by atomic mass is 32.2. The van der Waals surface area contributed by atoms with Gasteiger partial charge in [0, 0.05) is 12.2 Å². The highest BCUT2D eigenvalue weighted by Crippen LogP contribution is 2.27. The standard InChI is InChI=1S/C20H19N3O3S/c1-14-11-15(2)21-19(12-14)22-9-10-23(20(22)24)27(25,26)18-8-7-16-5-3-4-6-17(16)13-18/h3-8,11-13H,9-10H2,1-2H3. The van der Waals surface area contributed by atoms with Gasteiger partial charge < -0.3 is 0 Å². The molecule has 0 aliphatic carbocycles. The molecule has 1 aliphatic heterocycles. The quantitative estimate of drug-likeness (QED) is 0.696. The highest BCUT2D eigenvalue weighted by molar-refractivity contribution is 7.89. The average Bonchev–Trinajstić information content (AvgIpc) is 3.02. The molecule has 27 heavy (non-hydrogen) atoms. The van der Waals surface area contributed by atoms with Crippen LogP contribution < -0.4 is 4.90 Å².